The molecular formula is C13H23N5O. The van der Waals surface area contributed by atoms with E-state index >= 15 is 0 Å². The van der Waals surface area contributed by atoms with Gasteiger partial charge in [0.05, 0.1) is 0 Å². The van der Waals surface area contributed by atoms with E-state index in [0.717, 1.165) is 13.1 Å². The molecule has 19 heavy (non-hydrogen) atoms. The van der Waals surface area contributed by atoms with Crippen LogP contribution < -0.4 is 10.6 Å². The van der Waals surface area contributed by atoms with Gasteiger partial charge >= 0.3 is 0 Å². The lowest BCUT2D eigenvalue weighted by Gasteiger charge is -2.20. The average molecular weight is 265 g/mol. The summed E-state index contributed by atoms with van der Waals surface area (Å²) >= 11 is 0. The van der Waals surface area contributed by atoms with Crippen LogP contribution in [0.2, 0.25) is 0 Å². The highest BCUT2D eigenvalue weighted by Crippen LogP contribution is 2.01. The topological polar surface area (TPSA) is 70.2 Å². The lowest BCUT2D eigenvalue weighted by atomic mass is 10.3. The zero-order valence-electron chi connectivity index (χ0n) is 12.1. The molecule has 106 valence electrons. The fourth-order valence-electron chi connectivity index (χ4n) is 1.42. The first kappa shape index (κ1) is 15.4. The van der Waals surface area contributed by atoms with Crippen LogP contribution in [0.3, 0.4) is 0 Å². The third-order valence-corrected chi connectivity index (χ3v) is 2.89. The van der Waals surface area contributed by atoms with Gasteiger partial charge in [-0.2, -0.15) is 0 Å². The summed E-state index contributed by atoms with van der Waals surface area (Å²) in [6, 6.07) is 3.90. The number of aromatic nitrogens is 2. The number of nitrogens with one attached hydrogen (secondary N) is 2. The molecule has 0 saturated carbocycles. The summed E-state index contributed by atoms with van der Waals surface area (Å²) in [5, 5.41) is 13.7. The Balaban J connectivity index is 2.41. The molecule has 0 aliphatic carbocycles. The first-order valence-electron chi connectivity index (χ1n) is 6.60. The smallest absolute Gasteiger partial charge is 0.271 e. The molecular weight excluding hydrogens is 242 g/mol. The van der Waals surface area contributed by atoms with Gasteiger partial charge in [0.2, 0.25) is 0 Å². The van der Waals surface area contributed by atoms with E-state index in [0.29, 0.717) is 24.1 Å². The average Bonchev–Trinajstić information content (AvgIpc) is 2.39. The first-order chi connectivity index (χ1) is 9.04. The Morgan fingerprint density at radius 3 is 2.63 bits per heavy atom. The zero-order chi connectivity index (χ0) is 14.3. The highest BCUT2D eigenvalue weighted by Gasteiger charge is 2.08. The van der Waals surface area contributed by atoms with Crippen molar-refractivity contribution in [1.82, 2.24) is 20.4 Å². The summed E-state index contributed by atoms with van der Waals surface area (Å²) in [5.41, 5.74) is 0.342. The van der Waals surface area contributed by atoms with Crippen LogP contribution in [0.25, 0.3) is 0 Å². The van der Waals surface area contributed by atoms with Crippen LogP contribution in [0.4, 0.5) is 5.82 Å². The maximum absolute atomic E-state index is 11.8. The summed E-state index contributed by atoms with van der Waals surface area (Å²) in [7, 11) is 2.03. The SMILES string of the molecule is CCNc1ccc(C(=O)NCCN(C)C(C)C)nn1. The molecule has 0 fully saturated rings. The number of rotatable bonds is 7. The third kappa shape index (κ3) is 5.21. The molecule has 1 aromatic heterocycles. The van der Waals surface area contributed by atoms with Crippen LogP contribution in [-0.4, -0.2) is 53.7 Å². The fourth-order valence-corrected chi connectivity index (χ4v) is 1.42. The van der Waals surface area contributed by atoms with Crippen molar-refractivity contribution in [2.75, 3.05) is 32.0 Å². The maximum atomic E-state index is 11.8. The van der Waals surface area contributed by atoms with Crippen LogP contribution in [0.1, 0.15) is 31.3 Å². The van der Waals surface area contributed by atoms with Gasteiger partial charge in [0.15, 0.2) is 5.69 Å². The predicted octanol–water partition coefficient (Wildman–Crippen LogP) is 0.978. The van der Waals surface area contributed by atoms with E-state index in [1.54, 1.807) is 12.1 Å². The second-order valence-corrected chi connectivity index (χ2v) is 4.66. The highest BCUT2D eigenvalue weighted by atomic mass is 16.1. The molecule has 0 aliphatic rings. The van der Waals surface area contributed by atoms with Gasteiger partial charge < -0.3 is 15.5 Å². The monoisotopic (exact) mass is 265 g/mol. The summed E-state index contributed by atoms with van der Waals surface area (Å²) in [5.74, 6) is 0.492. The van der Waals surface area contributed by atoms with E-state index in [4.69, 9.17) is 0 Å². The van der Waals surface area contributed by atoms with Crippen molar-refractivity contribution in [2.24, 2.45) is 0 Å². The van der Waals surface area contributed by atoms with E-state index < -0.39 is 0 Å². The van der Waals surface area contributed by atoms with Gasteiger partial charge in [-0.25, -0.2) is 0 Å². The molecule has 0 spiro atoms. The largest absolute Gasteiger partial charge is 0.369 e. The number of anilines is 1. The van der Waals surface area contributed by atoms with Crippen molar-refractivity contribution < 1.29 is 4.79 Å². The predicted molar refractivity (Wildman–Crippen MR) is 76.3 cm³/mol. The number of nitrogens with zero attached hydrogens (tertiary/aromatic N) is 3. The molecule has 1 aromatic rings. The van der Waals surface area contributed by atoms with Crippen molar-refractivity contribution in [2.45, 2.75) is 26.8 Å². The lowest BCUT2D eigenvalue weighted by molar-refractivity contribution is 0.0942. The van der Waals surface area contributed by atoms with Crippen LogP contribution in [-0.2, 0) is 0 Å². The number of hydrogen-bond donors (Lipinski definition) is 2. The molecule has 0 bridgehead atoms. The number of carbonyl (C=O) groups excluding carboxylic acids is 1. The Hall–Kier alpha value is -1.69. The molecule has 0 aliphatic heterocycles. The quantitative estimate of drug-likeness (QED) is 0.769. The van der Waals surface area contributed by atoms with E-state index in [-0.39, 0.29) is 5.91 Å². The lowest BCUT2D eigenvalue weighted by Crippen LogP contribution is -2.36. The molecule has 6 nitrogen and oxygen atoms in total. The van der Waals surface area contributed by atoms with Crippen molar-refractivity contribution in [3.8, 4) is 0 Å². The van der Waals surface area contributed by atoms with E-state index in [1.165, 1.54) is 0 Å². The molecule has 1 amide bonds. The van der Waals surface area contributed by atoms with Crippen molar-refractivity contribution in [3.63, 3.8) is 0 Å². The third-order valence-electron chi connectivity index (χ3n) is 2.89. The Morgan fingerprint density at radius 1 is 1.37 bits per heavy atom. The van der Waals surface area contributed by atoms with E-state index in [1.807, 2.05) is 14.0 Å². The van der Waals surface area contributed by atoms with Crippen molar-refractivity contribution in [3.05, 3.63) is 17.8 Å². The fraction of sp³-hybridized carbons (Fsp3) is 0.615. The molecule has 0 aromatic carbocycles. The van der Waals surface area contributed by atoms with Crippen molar-refractivity contribution >= 4 is 11.7 Å². The van der Waals surface area contributed by atoms with Crippen LogP contribution in [0, 0.1) is 0 Å². The van der Waals surface area contributed by atoms with Gasteiger partial charge in [-0.1, -0.05) is 0 Å². The van der Waals surface area contributed by atoms with E-state index in [9.17, 15) is 4.79 Å². The van der Waals surface area contributed by atoms with E-state index in [2.05, 4.69) is 39.6 Å². The van der Waals surface area contributed by atoms with Crippen LogP contribution in [0.5, 0.6) is 0 Å². The van der Waals surface area contributed by atoms with Crippen LogP contribution in [0.15, 0.2) is 12.1 Å². The number of amides is 1. The molecule has 0 saturated heterocycles. The number of carbonyl (C=O) groups is 1. The summed E-state index contributed by atoms with van der Waals surface area (Å²) in [4.78, 5) is 14.0. The van der Waals surface area contributed by atoms with Crippen molar-refractivity contribution in [1.29, 1.82) is 0 Å². The molecule has 0 unspecified atom stereocenters. The standard InChI is InChI=1S/C13H23N5O/c1-5-14-12-7-6-11(16-17-12)13(19)15-8-9-18(4)10(2)3/h6-7,10H,5,8-9H2,1-4H3,(H,14,17)(H,15,19). The van der Waals surface area contributed by atoms with Gasteiger partial charge in [-0.05, 0) is 40.0 Å². The summed E-state index contributed by atoms with van der Waals surface area (Å²) in [6.45, 7) is 8.41. The number of hydrogen-bond acceptors (Lipinski definition) is 5. The second-order valence-electron chi connectivity index (χ2n) is 4.66. The first-order valence-corrected chi connectivity index (χ1v) is 6.60. The second kappa shape index (κ2) is 7.68. The number of likely N-dealkylation sites (N-methyl/N-ethyl adjacent to an activating group) is 1. The molecule has 6 heteroatoms. The molecule has 1 rings (SSSR count). The Bertz CT molecular complexity index is 391. The van der Waals surface area contributed by atoms with Gasteiger partial charge in [0, 0.05) is 25.7 Å². The minimum Gasteiger partial charge on any atom is -0.369 e. The summed E-state index contributed by atoms with van der Waals surface area (Å²) < 4.78 is 0. The Morgan fingerprint density at radius 2 is 2.11 bits per heavy atom. The molecule has 0 radical (unpaired) electrons. The molecule has 2 N–H and O–H groups in total. The minimum atomic E-state index is -0.187. The Labute approximate surface area is 114 Å². The van der Waals surface area contributed by atoms with Gasteiger partial charge in [0.25, 0.3) is 5.91 Å². The molecule has 1 heterocycles. The minimum absolute atomic E-state index is 0.187. The van der Waals surface area contributed by atoms with Gasteiger partial charge in [-0.3, -0.25) is 4.79 Å². The molecule has 0 atom stereocenters. The maximum Gasteiger partial charge on any atom is 0.271 e. The highest BCUT2D eigenvalue weighted by molar-refractivity contribution is 5.92. The van der Waals surface area contributed by atoms with Crippen LogP contribution >= 0.6 is 0 Å². The zero-order valence-corrected chi connectivity index (χ0v) is 12.1. The Kier molecular flexibility index (Phi) is 6.21. The normalized spacial score (nSPS) is 10.8. The summed E-state index contributed by atoms with van der Waals surface area (Å²) in [6.07, 6.45) is 0. The van der Waals surface area contributed by atoms with Gasteiger partial charge in [-0.15, -0.1) is 10.2 Å². The van der Waals surface area contributed by atoms with Gasteiger partial charge in [0.1, 0.15) is 5.82 Å².